The molecule has 1 atom stereocenters. The second-order valence-electron chi connectivity index (χ2n) is 7.97. The summed E-state index contributed by atoms with van der Waals surface area (Å²) in [4.78, 5) is 28.5. The summed E-state index contributed by atoms with van der Waals surface area (Å²) in [6, 6.07) is 16.8. The average Bonchev–Trinajstić information content (AvgIpc) is 2.70. The van der Waals surface area contributed by atoms with Gasteiger partial charge in [0.2, 0.25) is 18.3 Å². The number of rotatable bonds is 3. The van der Waals surface area contributed by atoms with Crippen molar-refractivity contribution in [3.63, 3.8) is 0 Å². The predicted octanol–water partition coefficient (Wildman–Crippen LogP) is 0.938. The van der Waals surface area contributed by atoms with Gasteiger partial charge in [-0.05, 0) is 50.5 Å². The third-order valence-electron chi connectivity index (χ3n) is 5.68. The number of nitrogens with zero attached hydrogens (tertiary/aromatic N) is 2. The van der Waals surface area contributed by atoms with Gasteiger partial charge in [0, 0.05) is 23.5 Å². The summed E-state index contributed by atoms with van der Waals surface area (Å²) in [5, 5.41) is 3.09. The summed E-state index contributed by atoms with van der Waals surface area (Å²) in [7, 11) is 0. The molecule has 0 spiro atoms. The van der Waals surface area contributed by atoms with Crippen LogP contribution in [0.2, 0.25) is 0 Å². The van der Waals surface area contributed by atoms with E-state index in [9.17, 15) is 9.59 Å². The van der Waals surface area contributed by atoms with Gasteiger partial charge in [0.15, 0.2) is 6.20 Å². The number of halogens is 1. The van der Waals surface area contributed by atoms with Gasteiger partial charge in [0.1, 0.15) is 0 Å². The molecule has 0 saturated carbocycles. The molecule has 2 amide bonds. The molecule has 0 aliphatic carbocycles. The highest BCUT2D eigenvalue weighted by atomic mass is 127. The molecule has 0 saturated heterocycles. The van der Waals surface area contributed by atoms with Crippen molar-refractivity contribution in [2.24, 2.45) is 0 Å². The van der Waals surface area contributed by atoms with Crippen molar-refractivity contribution < 1.29 is 38.1 Å². The van der Waals surface area contributed by atoms with Gasteiger partial charge in [-0.1, -0.05) is 42.0 Å². The third kappa shape index (κ3) is 4.35. The summed E-state index contributed by atoms with van der Waals surface area (Å²) in [6.07, 6.45) is 1.85. The number of aryl methyl sites for hydroxylation is 4. The number of hydrogen-bond donors (Lipinski definition) is 1. The molecule has 2 aromatic carbocycles. The first kappa shape index (κ1) is 22.9. The number of nitrogens with one attached hydrogen (secondary N) is 1. The van der Waals surface area contributed by atoms with Crippen molar-refractivity contribution in [2.45, 2.75) is 40.3 Å². The fraction of sp³-hybridized carbons (Fsp3) is 0.240. The van der Waals surface area contributed by atoms with Crippen molar-refractivity contribution >= 4 is 23.2 Å². The molecule has 160 valence electrons. The fourth-order valence-electron chi connectivity index (χ4n) is 4.18. The van der Waals surface area contributed by atoms with E-state index in [1.54, 1.807) is 4.90 Å². The monoisotopic (exact) mass is 527 g/mol. The number of aromatic nitrogens is 1. The van der Waals surface area contributed by atoms with Crippen LogP contribution >= 0.6 is 0 Å². The predicted molar refractivity (Wildman–Crippen MR) is 117 cm³/mol. The number of fused-ring (bicyclic) bond motifs is 1. The van der Waals surface area contributed by atoms with E-state index in [0.717, 1.165) is 39.3 Å². The maximum atomic E-state index is 13.6. The molecule has 0 fully saturated rings. The largest absolute Gasteiger partial charge is 1.00 e. The van der Waals surface area contributed by atoms with Crippen LogP contribution in [0.1, 0.15) is 34.0 Å². The SMILES string of the molecule is Cc1ccc(N2C(=O)C[n+]3ccccc3C2C(=O)Nc2c(C)cccc2C)c(C)c1.[I-]. The van der Waals surface area contributed by atoms with E-state index in [4.69, 9.17) is 0 Å². The lowest BCUT2D eigenvalue weighted by molar-refractivity contribution is -0.695. The molecule has 31 heavy (non-hydrogen) atoms. The highest BCUT2D eigenvalue weighted by Crippen LogP contribution is 2.33. The molecule has 4 rings (SSSR count). The first-order chi connectivity index (χ1) is 14.4. The van der Waals surface area contributed by atoms with Gasteiger partial charge in [0.05, 0.1) is 0 Å². The lowest BCUT2D eigenvalue weighted by Gasteiger charge is -2.33. The summed E-state index contributed by atoms with van der Waals surface area (Å²) >= 11 is 0. The molecule has 3 aromatic rings. The number of pyridine rings is 1. The summed E-state index contributed by atoms with van der Waals surface area (Å²) in [5.41, 5.74) is 6.42. The molecular formula is C25H26IN3O2. The molecule has 0 bridgehead atoms. The Morgan fingerprint density at radius 1 is 0.968 bits per heavy atom. The number of anilines is 2. The molecular weight excluding hydrogens is 501 g/mol. The molecule has 2 heterocycles. The first-order valence-corrected chi connectivity index (χ1v) is 10.1. The molecule has 1 aliphatic rings. The summed E-state index contributed by atoms with van der Waals surface area (Å²) in [5.74, 6) is -0.326. The van der Waals surface area contributed by atoms with Gasteiger partial charge in [-0.15, -0.1) is 0 Å². The average molecular weight is 527 g/mol. The minimum absolute atomic E-state index is 0. The quantitative estimate of drug-likeness (QED) is 0.408. The Kier molecular flexibility index (Phi) is 6.79. The minimum Gasteiger partial charge on any atom is -1.00 e. The zero-order chi connectivity index (χ0) is 21.4. The maximum Gasteiger partial charge on any atom is 0.294 e. The van der Waals surface area contributed by atoms with Gasteiger partial charge in [-0.25, -0.2) is 0 Å². The van der Waals surface area contributed by atoms with Crippen LogP contribution in [0.5, 0.6) is 0 Å². The van der Waals surface area contributed by atoms with E-state index in [2.05, 4.69) is 5.32 Å². The molecule has 1 unspecified atom stereocenters. The normalized spacial score (nSPS) is 15.2. The maximum absolute atomic E-state index is 13.6. The number of carbonyl (C=O) groups is 2. The van der Waals surface area contributed by atoms with Gasteiger partial charge in [0.25, 0.3) is 11.8 Å². The van der Waals surface area contributed by atoms with Crippen LogP contribution in [-0.2, 0) is 16.1 Å². The highest BCUT2D eigenvalue weighted by Gasteiger charge is 2.44. The standard InChI is InChI=1S/C25H25N3O2.HI/c1-16-11-12-20(19(4)14-16)28-22(29)15-27-13-6-5-10-21(27)24(28)25(30)26-23-17(2)8-7-9-18(23)3;/h5-14,24H,15H2,1-4H3;1H. The van der Waals surface area contributed by atoms with E-state index in [0.29, 0.717) is 0 Å². The molecule has 6 heteroatoms. The van der Waals surface area contributed by atoms with Crippen molar-refractivity contribution in [1.29, 1.82) is 0 Å². The number of para-hydroxylation sites is 1. The van der Waals surface area contributed by atoms with E-state index >= 15 is 0 Å². The number of amides is 2. The van der Waals surface area contributed by atoms with E-state index < -0.39 is 6.04 Å². The minimum atomic E-state index is -0.757. The Morgan fingerprint density at radius 3 is 2.35 bits per heavy atom. The van der Waals surface area contributed by atoms with Crippen LogP contribution in [0.25, 0.3) is 0 Å². The second kappa shape index (κ2) is 9.18. The molecule has 5 nitrogen and oxygen atoms in total. The number of hydrogen-bond acceptors (Lipinski definition) is 2. The molecule has 1 N–H and O–H groups in total. The van der Waals surface area contributed by atoms with Gasteiger partial charge in [-0.2, -0.15) is 4.57 Å². The fourth-order valence-corrected chi connectivity index (χ4v) is 4.18. The van der Waals surface area contributed by atoms with E-state index in [1.807, 2.05) is 93.1 Å². The zero-order valence-corrected chi connectivity index (χ0v) is 20.3. The smallest absolute Gasteiger partial charge is 0.294 e. The van der Waals surface area contributed by atoms with Gasteiger partial charge in [-0.3, -0.25) is 14.5 Å². The van der Waals surface area contributed by atoms with Crippen molar-refractivity contribution in [2.75, 3.05) is 10.2 Å². The van der Waals surface area contributed by atoms with Crippen LogP contribution in [0.4, 0.5) is 11.4 Å². The van der Waals surface area contributed by atoms with Crippen LogP contribution in [0.3, 0.4) is 0 Å². The van der Waals surface area contributed by atoms with E-state index in [1.165, 1.54) is 0 Å². The van der Waals surface area contributed by atoms with Crippen molar-refractivity contribution in [3.05, 3.63) is 88.7 Å². The van der Waals surface area contributed by atoms with Crippen LogP contribution in [0.15, 0.2) is 60.8 Å². The third-order valence-corrected chi connectivity index (χ3v) is 5.68. The van der Waals surface area contributed by atoms with Gasteiger partial charge >= 0.3 is 0 Å². The van der Waals surface area contributed by atoms with Gasteiger partial charge < -0.3 is 29.3 Å². The Balaban J connectivity index is 0.00000272. The molecule has 0 radical (unpaired) electrons. The van der Waals surface area contributed by atoms with Crippen LogP contribution in [0, 0.1) is 27.7 Å². The van der Waals surface area contributed by atoms with Crippen LogP contribution in [-0.4, -0.2) is 11.8 Å². The first-order valence-electron chi connectivity index (χ1n) is 10.1. The molecule has 1 aromatic heterocycles. The van der Waals surface area contributed by atoms with Crippen molar-refractivity contribution in [3.8, 4) is 0 Å². The molecule has 1 aliphatic heterocycles. The number of benzene rings is 2. The summed E-state index contributed by atoms with van der Waals surface area (Å²) in [6.45, 7) is 8.14. The number of carbonyl (C=O) groups excluding carboxylic acids is 2. The zero-order valence-electron chi connectivity index (χ0n) is 18.1. The highest BCUT2D eigenvalue weighted by molar-refractivity contribution is 6.06. The van der Waals surface area contributed by atoms with Crippen LogP contribution < -0.4 is 38.8 Å². The van der Waals surface area contributed by atoms with E-state index in [-0.39, 0.29) is 42.3 Å². The Hall–Kier alpha value is -2.74. The Labute approximate surface area is 200 Å². The Bertz CT molecular complexity index is 1140. The summed E-state index contributed by atoms with van der Waals surface area (Å²) < 4.78 is 1.86. The lowest BCUT2D eigenvalue weighted by atomic mass is 10.0. The van der Waals surface area contributed by atoms with Crippen molar-refractivity contribution in [1.82, 2.24) is 0 Å². The Morgan fingerprint density at radius 2 is 1.68 bits per heavy atom. The topological polar surface area (TPSA) is 53.3 Å². The lowest BCUT2D eigenvalue weighted by Crippen LogP contribution is -3.00. The second-order valence-corrected chi connectivity index (χ2v) is 7.97.